The number of nitrogens with two attached hydrogens (primary N) is 2. The molecule has 0 radical (unpaired) electrons. The van der Waals surface area contributed by atoms with Gasteiger partial charge in [0, 0.05) is 6.04 Å². The van der Waals surface area contributed by atoms with Crippen LogP contribution in [0.15, 0.2) is 78.9 Å². The maximum atomic E-state index is 6.76. The van der Waals surface area contributed by atoms with Gasteiger partial charge in [0.2, 0.25) is 0 Å². The molecule has 0 aliphatic heterocycles. The van der Waals surface area contributed by atoms with E-state index in [0.29, 0.717) is 0 Å². The number of allylic oxidation sites excluding steroid dienone is 2. The standard InChI is InChI=1S/C18H18N2/c19-17-13-7-12-16(14-8-3-1-4-9-14)18(17,20)15-10-5-2-6-11-15/h1-13,17H,19-20H2. The van der Waals surface area contributed by atoms with Crippen molar-refractivity contribution in [3.63, 3.8) is 0 Å². The zero-order valence-electron chi connectivity index (χ0n) is 11.2. The quantitative estimate of drug-likeness (QED) is 0.874. The Labute approximate surface area is 119 Å². The summed E-state index contributed by atoms with van der Waals surface area (Å²) in [5, 5.41) is 0. The fraction of sp³-hybridized carbons (Fsp3) is 0.111. The molecular weight excluding hydrogens is 244 g/mol. The van der Waals surface area contributed by atoms with Crippen LogP contribution in [0.5, 0.6) is 0 Å². The molecule has 1 aliphatic carbocycles. The molecule has 2 nitrogen and oxygen atoms in total. The lowest BCUT2D eigenvalue weighted by molar-refractivity contribution is 0.510. The van der Waals surface area contributed by atoms with Crippen LogP contribution in [0.4, 0.5) is 0 Å². The molecule has 2 aromatic rings. The molecule has 20 heavy (non-hydrogen) atoms. The van der Waals surface area contributed by atoms with E-state index in [1.165, 1.54) is 0 Å². The van der Waals surface area contributed by atoms with Gasteiger partial charge >= 0.3 is 0 Å². The van der Waals surface area contributed by atoms with Crippen molar-refractivity contribution in [2.45, 2.75) is 11.6 Å². The van der Waals surface area contributed by atoms with Crippen molar-refractivity contribution >= 4 is 5.57 Å². The minimum atomic E-state index is -0.697. The minimum Gasteiger partial charge on any atom is -0.322 e. The fourth-order valence-corrected chi connectivity index (χ4v) is 2.76. The normalized spacial score (nSPS) is 25.3. The van der Waals surface area contributed by atoms with E-state index in [9.17, 15) is 0 Å². The number of benzene rings is 2. The van der Waals surface area contributed by atoms with Crippen molar-refractivity contribution in [3.8, 4) is 0 Å². The Morgan fingerprint density at radius 3 is 2.10 bits per heavy atom. The van der Waals surface area contributed by atoms with Crippen molar-refractivity contribution in [1.82, 2.24) is 0 Å². The third kappa shape index (κ3) is 1.99. The summed E-state index contributed by atoms with van der Waals surface area (Å²) in [6.07, 6.45) is 6.01. The first-order valence-electron chi connectivity index (χ1n) is 6.77. The lowest BCUT2D eigenvalue weighted by atomic mass is 9.72. The molecule has 0 heterocycles. The van der Waals surface area contributed by atoms with Gasteiger partial charge in [0.15, 0.2) is 0 Å². The molecule has 4 N–H and O–H groups in total. The average molecular weight is 262 g/mol. The largest absolute Gasteiger partial charge is 0.322 e. The molecule has 0 amide bonds. The number of hydrogen-bond acceptors (Lipinski definition) is 2. The third-order valence-corrected chi connectivity index (χ3v) is 3.89. The molecule has 2 atom stereocenters. The molecular formula is C18H18N2. The molecule has 2 unspecified atom stereocenters. The highest BCUT2D eigenvalue weighted by atomic mass is 14.9. The van der Waals surface area contributed by atoms with Crippen LogP contribution in [0, 0.1) is 0 Å². The Hall–Kier alpha value is -2.16. The summed E-state index contributed by atoms with van der Waals surface area (Å²) in [6, 6.07) is 20.0. The van der Waals surface area contributed by atoms with Crippen molar-refractivity contribution in [1.29, 1.82) is 0 Å². The Morgan fingerprint density at radius 2 is 1.45 bits per heavy atom. The predicted molar refractivity (Wildman–Crippen MR) is 83.8 cm³/mol. The Balaban J connectivity index is 2.16. The molecule has 100 valence electrons. The smallest absolute Gasteiger partial charge is 0.0861 e. The van der Waals surface area contributed by atoms with Crippen LogP contribution >= 0.6 is 0 Å². The van der Waals surface area contributed by atoms with E-state index in [-0.39, 0.29) is 6.04 Å². The van der Waals surface area contributed by atoms with Gasteiger partial charge < -0.3 is 11.5 Å². The van der Waals surface area contributed by atoms with Crippen molar-refractivity contribution in [2.75, 3.05) is 0 Å². The molecule has 3 rings (SSSR count). The summed E-state index contributed by atoms with van der Waals surface area (Å²) in [5.74, 6) is 0. The second-order valence-electron chi connectivity index (χ2n) is 5.09. The van der Waals surface area contributed by atoms with Crippen LogP contribution in [-0.2, 0) is 5.54 Å². The highest BCUT2D eigenvalue weighted by Gasteiger charge is 2.38. The van der Waals surface area contributed by atoms with Gasteiger partial charge in [0.25, 0.3) is 0 Å². The summed E-state index contributed by atoms with van der Waals surface area (Å²) in [5.41, 5.74) is 15.6. The second-order valence-corrected chi connectivity index (χ2v) is 5.09. The number of rotatable bonds is 2. The monoisotopic (exact) mass is 262 g/mol. The topological polar surface area (TPSA) is 52.0 Å². The maximum absolute atomic E-state index is 6.76. The van der Waals surface area contributed by atoms with Gasteiger partial charge in [-0.15, -0.1) is 0 Å². The average Bonchev–Trinajstić information content (AvgIpc) is 2.52. The number of hydrogen-bond donors (Lipinski definition) is 2. The van der Waals surface area contributed by atoms with Crippen LogP contribution < -0.4 is 11.5 Å². The molecule has 2 aromatic carbocycles. The molecule has 0 aromatic heterocycles. The van der Waals surface area contributed by atoms with E-state index in [1.54, 1.807) is 0 Å². The van der Waals surface area contributed by atoms with Crippen molar-refractivity contribution in [3.05, 3.63) is 90.0 Å². The van der Waals surface area contributed by atoms with E-state index in [4.69, 9.17) is 11.5 Å². The van der Waals surface area contributed by atoms with E-state index < -0.39 is 5.54 Å². The Morgan fingerprint density at radius 1 is 0.850 bits per heavy atom. The lowest BCUT2D eigenvalue weighted by Gasteiger charge is -2.39. The van der Waals surface area contributed by atoms with Gasteiger partial charge in [-0.05, 0) is 16.7 Å². The first-order chi connectivity index (χ1) is 9.73. The first kappa shape index (κ1) is 12.9. The van der Waals surface area contributed by atoms with Crippen LogP contribution in [0.2, 0.25) is 0 Å². The molecule has 0 saturated carbocycles. The first-order valence-corrected chi connectivity index (χ1v) is 6.77. The molecule has 0 bridgehead atoms. The highest BCUT2D eigenvalue weighted by Crippen LogP contribution is 2.38. The molecule has 0 fully saturated rings. The third-order valence-electron chi connectivity index (χ3n) is 3.89. The van der Waals surface area contributed by atoms with Gasteiger partial charge in [-0.1, -0.05) is 78.9 Å². The van der Waals surface area contributed by atoms with Crippen molar-refractivity contribution < 1.29 is 0 Å². The van der Waals surface area contributed by atoms with E-state index in [1.807, 2.05) is 60.7 Å². The van der Waals surface area contributed by atoms with Crippen LogP contribution in [0.3, 0.4) is 0 Å². The molecule has 0 spiro atoms. The second kappa shape index (κ2) is 5.08. The SMILES string of the molecule is NC1C=CC=C(c2ccccc2)C1(N)c1ccccc1. The van der Waals surface area contributed by atoms with Gasteiger partial charge in [0.05, 0.1) is 5.54 Å². The fourth-order valence-electron chi connectivity index (χ4n) is 2.76. The van der Waals surface area contributed by atoms with Crippen LogP contribution in [0.25, 0.3) is 5.57 Å². The Kier molecular flexibility index (Phi) is 3.26. The van der Waals surface area contributed by atoms with Gasteiger partial charge in [-0.3, -0.25) is 0 Å². The van der Waals surface area contributed by atoms with Gasteiger partial charge in [-0.25, -0.2) is 0 Å². The van der Waals surface area contributed by atoms with Crippen molar-refractivity contribution in [2.24, 2.45) is 11.5 Å². The molecule has 2 heteroatoms. The van der Waals surface area contributed by atoms with E-state index >= 15 is 0 Å². The van der Waals surface area contributed by atoms with Crippen LogP contribution in [0.1, 0.15) is 11.1 Å². The summed E-state index contributed by atoms with van der Waals surface area (Å²) in [4.78, 5) is 0. The molecule has 1 aliphatic rings. The lowest BCUT2D eigenvalue weighted by Crippen LogP contribution is -2.53. The summed E-state index contributed by atoms with van der Waals surface area (Å²) >= 11 is 0. The van der Waals surface area contributed by atoms with Gasteiger partial charge in [0.1, 0.15) is 0 Å². The van der Waals surface area contributed by atoms with E-state index in [0.717, 1.165) is 16.7 Å². The predicted octanol–water partition coefficient (Wildman–Crippen LogP) is 2.82. The van der Waals surface area contributed by atoms with E-state index in [2.05, 4.69) is 18.2 Å². The zero-order chi connectivity index (χ0) is 14.0. The van der Waals surface area contributed by atoms with Crippen LogP contribution in [-0.4, -0.2) is 6.04 Å². The van der Waals surface area contributed by atoms with Gasteiger partial charge in [-0.2, -0.15) is 0 Å². The zero-order valence-corrected chi connectivity index (χ0v) is 11.2. The summed E-state index contributed by atoms with van der Waals surface area (Å²) in [7, 11) is 0. The molecule has 0 saturated heterocycles. The maximum Gasteiger partial charge on any atom is 0.0861 e. The summed E-state index contributed by atoms with van der Waals surface area (Å²) < 4.78 is 0. The summed E-state index contributed by atoms with van der Waals surface area (Å²) in [6.45, 7) is 0. The minimum absolute atomic E-state index is 0.245. The highest BCUT2D eigenvalue weighted by molar-refractivity contribution is 5.78. The Bertz CT molecular complexity index is 644.